The van der Waals surface area contributed by atoms with Gasteiger partial charge < -0.3 is 10.6 Å². The first-order valence-electron chi connectivity index (χ1n) is 7.57. The van der Waals surface area contributed by atoms with Crippen molar-refractivity contribution < 1.29 is 0 Å². The van der Waals surface area contributed by atoms with Gasteiger partial charge in [0.15, 0.2) is 0 Å². The van der Waals surface area contributed by atoms with Crippen LogP contribution in [0.4, 0.5) is 0 Å². The van der Waals surface area contributed by atoms with E-state index in [1.165, 1.54) is 42.6 Å². The molecule has 0 spiro atoms. The minimum absolute atomic E-state index is 0.223. The van der Waals surface area contributed by atoms with Crippen LogP contribution >= 0.6 is 0 Å². The Morgan fingerprint density at radius 3 is 2.74 bits per heavy atom. The van der Waals surface area contributed by atoms with Crippen LogP contribution in [0, 0.1) is 0 Å². The Balaban J connectivity index is 1.65. The summed E-state index contributed by atoms with van der Waals surface area (Å²) >= 11 is 0. The smallest absolute Gasteiger partial charge is 0.0794 e. The highest BCUT2D eigenvalue weighted by molar-refractivity contribution is 5.27. The topological polar surface area (TPSA) is 52.7 Å². The van der Waals surface area contributed by atoms with Crippen molar-refractivity contribution in [3.63, 3.8) is 0 Å². The molecule has 4 heteroatoms. The average Bonchev–Trinajstić information content (AvgIpc) is 2.76. The Bertz CT molecular complexity index is 389. The fourth-order valence-corrected chi connectivity index (χ4v) is 2.58. The number of nitrogens with one attached hydrogen (secondary N) is 3. The molecule has 0 aromatic carbocycles. The third-order valence-corrected chi connectivity index (χ3v) is 3.62. The van der Waals surface area contributed by atoms with Gasteiger partial charge in [-0.25, -0.2) is 0 Å². The number of rotatable bonds is 6. The molecule has 4 nitrogen and oxygen atoms in total. The van der Waals surface area contributed by atoms with Crippen LogP contribution in [0.15, 0.2) is 0 Å². The van der Waals surface area contributed by atoms with Crippen molar-refractivity contribution in [2.45, 2.75) is 65.0 Å². The third-order valence-electron chi connectivity index (χ3n) is 3.62. The van der Waals surface area contributed by atoms with Gasteiger partial charge in [0.2, 0.25) is 0 Å². The van der Waals surface area contributed by atoms with E-state index in [2.05, 4.69) is 41.6 Å². The average molecular weight is 264 g/mol. The molecule has 108 valence electrons. The van der Waals surface area contributed by atoms with Gasteiger partial charge in [-0.3, -0.25) is 5.10 Å². The Morgan fingerprint density at radius 2 is 1.95 bits per heavy atom. The molecule has 0 amide bonds. The van der Waals surface area contributed by atoms with Crippen molar-refractivity contribution in [3.05, 3.63) is 17.0 Å². The van der Waals surface area contributed by atoms with Gasteiger partial charge in [-0.15, -0.1) is 0 Å². The first-order valence-corrected chi connectivity index (χ1v) is 7.57. The van der Waals surface area contributed by atoms with E-state index in [0.29, 0.717) is 0 Å². The van der Waals surface area contributed by atoms with Gasteiger partial charge in [-0.2, -0.15) is 5.10 Å². The summed E-state index contributed by atoms with van der Waals surface area (Å²) in [6, 6.07) is 0. The van der Waals surface area contributed by atoms with Crippen LogP contribution in [0.25, 0.3) is 0 Å². The fourth-order valence-electron chi connectivity index (χ4n) is 2.58. The normalized spacial score (nSPS) is 15.5. The lowest BCUT2D eigenvalue weighted by Crippen LogP contribution is -2.37. The second-order valence-corrected chi connectivity index (χ2v) is 6.54. The molecule has 1 aromatic heterocycles. The summed E-state index contributed by atoms with van der Waals surface area (Å²) in [5, 5.41) is 14.7. The summed E-state index contributed by atoms with van der Waals surface area (Å²) in [5.74, 6) is 0. The number of hydrogen-bond acceptors (Lipinski definition) is 3. The van der Waals surface area contributed by atoms with E-state index in [4.69, 9.17) is 0 Å². The second-order valence-electron chi connectivity index (χ2n) is 6.54. The van der Waals surface area contributed by atoms with Gasteiger partial charge in [0.25, 0.3) is 0 Å². The summed E-state index contributed by atoms with van der Waals surface area (Å²) < 4.78 is 0. The van der Waals surface area contributed by atoms with Gasteiger partial charge in [-0.1, -0.05) is 0 Å². The molecule has 2 rings (SSSR count). The van der Waals surface area contributed by atoms with E-state index in [1.807, 2.05) is 0 Å². The highest BCUT2D eigenvalue weighted by atomic mass is 15.1. The summed E-state index contributed by atoms with van der Waals surface area (Å²) in [6.45, 7) is 9.63. The van der Waals surface area contributed by atoms with Crippen molar-refractivity contribution in [1.82, 2.24) is 20.8 Å². The quantitative estimate of drug-likeness (QED) is 0.690. The fraction of sp³-hybridized carbons (Fsp3) is 0.800. The van der Waals surface area contributed by atoms with Crippen LogP contribution in [0.3, 0.4) is 0 Å². The molecule has 1 aromatic rings. The van der Waals surface area contributed by atoms with E-state index in [0.717, 1.165) is 26.1 Å². The van der Waals surface area contributed by atoms with Crippen molar-refractivity contribution >= 4 is 0 Å². The Labute approximate surface area is 116 Å². The number of hydrogen-bond donors (Lipinski definition) is 3. The minimum atomic E-state index is 0.223. The van der Waals surface area contributed by atoms with Crippen molar-refractivity contribution in [1.29, 1.82) is 0 Å². The largest absolute Gasteiger partial charge is 0.312 e. The lowest BCUT2D eigenvalue weighted by atomic mass is 9.96. The molecule has 1 heterocycles. The number of aryl methyl sites for hydroxylation is 1. The molecule has 0 bridgehead atoms. The zero-order chi connectivity index (χ0) is 13.7. The maximum atomic E-state index is 4.45. The van der Waals surface area contributed by atoms with Crippen LogP contribution in [0.2, 0.25) is 0 Å². The first-order chi connectivity index (χ1) is 9.06. The van der Waals surface area contributed by atoms with Crippen molar-refractivity contribution in [2.24, 2.45) is 0 Å². The number of aromatic amines is 1. The lowest BCUT2D eigenvalue weighted by molar-refractivity contribution is 0.418. The van der Waals surface area contributed by atoms with Gasteiger partial charge >= 0.3 is 0 Å². The van der Waals surface area contributed by atoms with Gasteiger partial charge in [0.05, 0.1) is 5.69 Å². The van der Waals surface area contributed by atoms with E-state index >= 15 is 0 Å². The molecule has 0 saturated heterocycles. The van der Waals surface area contributed by atoms with Crippen LogP contribution in [0.5, 0.6) is 0 Å². The maximum Gasteiger partial charge on any atom is 0.0794 e. The zero-order valence-electron chi connectivity index (χ0n) is 12.6. The first kappa shape index (κ1) is 14.5. The van der Waals surface area contributed by atoms with Gasteiger partial charge in [0, 0.05) is 17.8 Å². The van der Waals surface area contributed by atoms with Gasteiger partial charge in [0.1, 0.15) is 0 Å². The van der Waals surface area contributed by atoms with Crippen molar-refractivity contribution in [2.75, 3.05) is 13.1 Å². The zero-order valence-corrected chi connectivity index (χ0v) is 12.6. The molecular formula is C15H28N4. The molecule has 3 N–H and O–H groups in total. The van der Waals surface area contributed by atoms with E-state index in [9.17, 15) is 0 Å². The number of fused-ring (bicyclic) bond motifs is 1. The summed E-state index contributed by atoms with van der Waals surface area (Å²) in [6.07, 6.45) is 6.16. The SMILES string of the molecule is CC(C)(C)NCCCNCc1n[nH]c2c1CCCC2. The number of aromatic nitrogens is 2. The molecule has 0 radical (unpaired) electrons. The molecule has 19 heavy (non-hydrogen) atoms. The molecule has 0 atom stereocenters. The second kappa shape index (κ2) is 6.53. The summed E-state index contributed by atoms with van der Waals surface area (Å²) in [7, 11) is 0. The predicted molar refractivity (Wildman–Crippen MR) is 79.3 cm³/mol. The number of nitrogens with zero attached hydrogens (tertiary/aromatic N) is 1. The van der Waals surface area contributed by atoms with Gasteiger partial charge in [-0.05, 0) is 71.5 Å². The van der Waals surface area contributed by atoms with Crippen LogP contribution in [-0.4, -0.2) is 28.8 Å². The Morgan fingerprint density at radius 1 is 1.16 bits per heavy atom. The Kier molecular flexibility index (Phi) is 4.99. The summed E-state index contributed by atoms with van der Waals surface area (Å²) in [5.41, 5.74) is 4.31. The summed E-state index contributed by atoms with van der Waals surface area (Å²) in [4.78, 5) is 0. The molecule has 0 fully saturated rings. The molecule has 0 unspecified atom stereocenters. The van der Waals surface area contributed by atoms with Crippen LogP contribution < -0.4 is 10.6 Å². The molecule has 0 saturated carbocycles. The third kappa shape index (κ3) is 4.62. The van der Waals surface area contributed by atoms with Crippen LogP contribution in [-0.2, 0) is 19.4 Å². The molecule has 1 aliphatic carbocycles. The highest BCUT2D eigenvalue weighted by Crippen LogP contribution is 2.21. The molecule has 1 aliphatic rings. The Hall–Kier alpha value is -0.870. The van der Waals surface area contributed by atoms with E-state index in [1.54, 1.807) is 0 Å². The monoisotopic (exact) mass is 264 g/mol. The molecule has 0 aliphatic heterocycles. The minimum Gasteiger partial charge on any atom is -0.312 e. The van der Waals surface area contributed by atoms with E-state index in [-0.39, 0.29) is 5.54 Å². The van der Waals surface area contributed by atoms with Crippen molar-refractivity contribution in [3.8, 4) is 0 Å². The highest BCUT2D eigenvalue weighted by Gasteiger charge is 2.16. The van der Waals surface area contributed by atoms with Crippen LogP contribution in [0.1, 0.15) is 57.0 Å². The maximum absolute atomic E-state index is 4.45. The number of H-pyrrole nitrogens is 1. The van der Waals surface area contributed by atoms with E-state index < -0.39 is 0 Å². The molecular weight excluding hydrogens is 236 g/mol. The standard InChI is InChI=1S/C15H28N4/c1-15(2,3)17-10-6-9-16-11-14-12-7-4-5-8-13(12)18-19-14/h16-17H,4-11H2,1-3H3,(H,18,19). The lowest BCUT2D eigenvalue weighted by Gasteiger charge is -2.20. The predicted octanol–water partition coefficient (Wildman–Crippen LogP) is 2.16.